The zero-order valence-electron chi connectivity index (χ0n) is 15.2. The van der Waals surface area contributed by atoms with Crippen molar-refractivity contribution < 1.29 is 9.18 Å². The molecule has 1 N–H and O–H groups in total. The third-order valence-corrected chi connectivity index (χ3v) is 5.19. The van der Waals surface area contributed by atoms with Gasteiger partial charge >= 0.3 is 0 Å². The Morgan fingerprint density at radius 1 is 1.24 bits per heavy atom. The lowest BCUT2D eigenvalue weighted by molar-refractivity contribution is -0.127. The first-order chi connectivity index (χ1) is 11.8. The van der Waals surface area contributed by atoms with Crippen molar-refractivity contribution >= 4 is 17.5 Å². The van der Waals surface area contributed by atoms with Crippen LogP contribution in [0.1, 0.15) is 56.3 Å². The van der Waals surface area contributed by atoms with Crippen LogP contribution in [-0.2, 0) is 10.2 Å². The third kappa shape index (κ3) is 4.40. The van der Waals surface area contributed by atoms with Gasteiger partial charge in [-0.25, -0.2) is 4.39 Å². The number of hydrogen-bond donors (Lipinski definition) is 1. The van der Waals surface area contributed by atoms with E-state index in [0.29, 0.717) is 5.02 Å². The van der Waals surface area contributed by atoms with Crippen molar-refractivity contribution in [3.8, 4) is 0 Å². The summed E-state index contributed by atoms with van der Waals surface area (Å²) in [5.74, 6) is -0.317. The second-order valence-electron chi connectivity index (χ2n) is 6.79. The zero-order valence-corrected chi connectivity index (χ0v) is 16.0. The summed E-state index contributed by atoms with van der Waals surface area (Å²) in [5.41, 5.74) is 2.15. The summed E-state index contributed by atoms with van der Waals surface area (Å²) in [6.07, 6.45) is 1.62. The van der Waals surface area contributed by atoms with E-state index in [-0.39, 0.29) is 17.8 Å². The van der Waals surface area contributed by atoms with Crippen molar-refractivity contribution in [2.45, 2.75) is 52.0 Å². The van der Waals surface area contributed by atoms with Gasteiger partial charge in [-0.15, -0.1) is 0 Å². The summed E-state index contributed by atoms with van der Waals surface area (Å²) in [4.78, 5) is 13.1. The van der Waals surface area contributed by atoms with E-state index in [0.717, 1.165) is 29.5 Å². The number of hydrogen-bond acceptors (Lipinski definition) is 1. The van der Waals surface area contributed by atoms with Crippen LogP contribution in [0.2, 0.25) is 5.02 Å². The molecule has 2 aromatic rings. The van der Waals surface area contributed by atoms with E-state index in [1.54, 1.807) is 12.1 Å². The lowest BCUT2D eigenvalue weighted by Crippen LogP contribution is -2.43. The molecule has 2 aromatic carbocycles. The number of carbonyl (C=O) groups is 1. The lowest BCUT2D eigenvalue weighted by Gasteiger charge is -2.31. The van der Waals surface area contributed by atoms with Crippen molar-refractivity contribution in [2.75, 3.05) is 0 Å². The SMILES string of the molecule is CCCC(C)(C(=O)NC(C)c1ccc(F)cc1)c1ccc(Cl)c(C)c1. The quantitative estimate of drug-likeness (QED) is 0.700. The minimum Gasteiger partial charge on any atom is -0.349 e. The monoisotopic (exact) mass is 361 g/mol. The van der Waals surface area contributed by atoms with Gasteiger partial charge in [0, 0.05) is 5.02 Å². The molecule has 2 unspecified atom stereocenters. The van der Waals surface area contributed by atoms with Crippen LogP contribution in [0.15, 0.2) is 42.5 Å². The third-order valence-electron chi connectivity index (χ3n) is 4.76. The highest BCUT2D eigenvalue weighted by atomic mass is 35.5. The maximum Gasteiger partial charge on any atom is 0.230 e. The summed E-state index contributed by atoms with van der Waals surface area (Å²) < 4.78 is 13.1. The highest BCUT2D eigenvalue weighted by Gasteiger charge is 2.35. The molecule has 25 heavy (non-hydrogen) atoms. The molecular formula is C21H25ClFNO. The van der Waals surface area contributed by atoms with Crippen molar-refractivity contribution in [1.29, 1.82) is 0 Å². The Morgan fingerprint density at radius 2 is 1.88 bits per heavy atom. The van der Waals surface area contributed by atoms with E-state index in [2.05, 4.69) is 12.2 Å². The van der Waals surface area contributed by atoms with E-state index in [9.17, 15) is 9.18 Å². The lowest BCUT2D eigenvalue weighted by atomic mass is 9.77. The summed E-state index contributed by atoms with van der Waals surface area (Å²) in [6.45, 7) is 7.88. The Bertz CT molecular complexity index is 744. The smallest absolute Gasteiger partial charge is 0.230 e. The van der Waals surface area contributed by atoms with Gasteiger partial charge < -0.3 is 5.32 Å². The van der Waals surface area contributed by atoms with E-state index in [4.69, 9.17) is 11.6 Å². The fourth-order valence-corrected chi connectivity index (χ4v) is 3.19. The van der Waals surface area contributed by atoms with Gasteiger partial charge in [0.15, 0.2) is 0 Å². The van der Waals surface area contributed by atoms with Crippen LogP contribution in [0.3, 0.4) is 0 Å². The molecule has 0 aliphatic carbocycles. The number of rotatable bonds is 6. The number of nitrogens with one attached hydrogen (secondary N) is 1. The molecule has 0 radical (unpaired) electrons. The fraction of sp³-hybridized carbons (Fsp3) is 0.381. The van der Waals surface area contributed by atoms with Gasteiger partial charge in [-0.2, -0.15) is 0 Å². The summed E-state index contributed by atoms with van der Waals surface area (Å²) in [5, 5.41) is 3.78. The van der Waals surface area contributed by atoms with Crippen LogP contribution in [0.5, 0.6) is 0 Å². The molecule has 0 fully saturated rings. The number of carbonyl (C=O) groups excluding carboxylic acids is 1. The van der Waals surface area contributed by atoms with E-state index in [1.807, 2.05) is 39.0 Å². The van der Waals surface area contributed by atoms with Gasteiger partial charge in [0.05, 0.1) is 11.5 Å². The number of halogens is 2. The topological polar surface area (TPSA) is 29.1 Å². The molecule has 0 bridgehead atoms. The van der Waals surface area contributed by atoms with Crippen LogP contribution < -0.4 is 5.32 Å². The average Bonchev–Trinajstić information content (AvgIpc) is 2.57. The molecule has 0 aliphatic heterocycles. The van der Waals surface area contributed by atoms with Gasteiger partial charge in [0.1, 0.15) is 5.82 Å². The average molecular weight is 362 g/mol. The molecule has 2 atom stereocenters. The van der Waals surface area contributed by atoms with E-state index >= 15 is 0 Å². The Kier molecular flexibility index (Phi) is 6.23. The van der Waals surface area contributed by atoms with Crippen molar-refractivity contribution in [3.63, 3.8) is 0 Å². The van der Waals surface area contributed by atoms with E-state index in [1.165, 1.54) is 12.1 Å². The Hall–Kier alpha value is -1.87. The molecule has 0 spiro atoms. The maximum atomic E-state index is 13.1. The number of aryl methyl sites for hydroxylation is 1. The number of amides is 1. The molecular weight excluding hydrogens is 337 g/mol. The van der Waals surface area contributed by atoms with Gasteiger partial charge in [-0.05, 0) is 62.1 Å². The van der Waals surface area contributed by atoms with Crippen LogP contribution >= 0.6 is 11.6 Å². The van der Waals surface area contributed by atoms with Gasteiger partial charge in [0.2, 0.25) is 5.91 Å². The number of benzene rings is 2. The Labute approximate surface area is 154 Å². The Balaban J connectivity index is 2.27. The zero-order chi connectivity index (χ0) is 18.6. The Morgan fingerprint density at radius 3 is 2.44 bits per heavy atom. The molecule has 134 valence electrons. The summed E-state index contributed by atoms with van der Waals surface area (Å²) in [6, 6.07) is 11.8. The van der Waals surface area contributed by atoms with Crippen molar-refractivity contribution in [1.82, 2.24) is 5.32 Å². The molecule has 0 heterocycles. The van der Waals surface area contributed by atoms with Gasteiger partial charge in [-0.3, -0.25) is 4.79 Å². The molecule has 0 saturated carbocycles. The normalized spacial score (nSPS) is 14.6. The molecule has 0 aromatic heterocycles. The van der Waals surface area contributed by atoms with Crippen LogP contribution in [0.4, 0.5) is 4.39 Å². The molecule has 4 heteroatoms. The first-order valence-electron chi connectivity index (χ1n) is 8.61. The highest BCUT2D eigenvalue weighted by Crippen LogP contribution is 2.32. The second-order valence-corrected chi connectivity index (χ2v) is 7.20. The van der Waals surface area contributed by atoms with Crippen LogP contribution in [-0.4, -0.2) is 5.91 Å². The standard InChI is InChI=1S/C21H25ClFNO/c1-5-12-21(4,17-8-11-19(22)14(2)13-17)20(25)24-15(3)16-6-9-18(23)10-7-16/h6-11,13,15H,5,12H2,1-4H3,(H,24,25). The fourth-order valence-electron chi connectivity index (χ4n) is 3.07. The van der Waals surface area contributed by atoms with Gasteiger partial charge in [0.25, 0.3) is 0 Å². The molecule has 0 saturated heterocycles. The minimum absolute atomic E-state index is 0.0344. The molecule has 1 amide bonds. The van der Waals surface area contributed by atoms with Gasteiger partial charge in [-0.1, -0.05) is 49.2 Å². The predicted molar refractivity (Wildman–Crippen MR) is 101 cm³/mol. The van der Waals surface area contributed by atoms with Crippen molar-refractivity contribution in [2.24, 2.45) is 0 Å². The maximum absolute atomic E-state index is 13.1. The van der Waals surface area contributed by atoms with Crippen molar-refractivity contribution in [3.05, 3.63) is 70.0 Å². The van der Waals surface area contributed by atoms with Crippen LogP contribution in [0, 0.1) is 12.7 Å². The molecule has 2 nitrogen and oxygen atoms in total. The highest BCUT2D eigenvalue weighted by molar-refractivity contribution is 6.31. The summed E-state index contributed by atoms with van der Waals surface area (Å²) in [7, 11) is 0. The minimum atomic E-state index is -0.640. The second kappa shape index (κ2) is 8.01. The predicted octanol–water partition coefficient (Wildman–Crippen LogP) is 5.72. The largest absolute Gasteiger partial charge is 0.349 e. The summed E-state index contributed by atoms with van der Waals surface area (Å²) >= 11 is 6.13. The first kappa shape index (κ1) is 19.5. The van der Waals surface area contributed by atoms with Crippen LogP contribution in [0.25, 0.3) is 0 Å². The molecule has 2 rings (SSSR count). The molecule has 0 aliphatic rings. The van der Waals surface area contributed by atoms with E-state index < -0.39 is 5.41 Å². The first-order valence-corrected chi connectivity index (χ1v) is 8.98.